The van der Waals surface area contributed by atoms with Crippen LogP contribution in [0.25, 0.3) is 11.5 Å². The van der Waals surface area contributed by atoms with E-state index in [2.05, 4.69) is 27.8 Å². The van der Waals surface area contributed by atoms with Crippen molar-refractivity contribution in [3.8, 4) is 11.5 Å². The lowest BCUT2D eigenvalue weighted by atomic mass is 10.1. The topological polar surface area (TPSA) is 106 Å². The molecular formula is C21H22N4O4. The van der Waals surface area contributed by atoms with E-state index in [1.54, 1.807) is 18.2 Å². The molecule has 0 atom stereocenters. The van der Waals surface area contributed by atoms with Gasteiger partial charge in [0.25, 0.3) is 5.91 Å². The number of aromatic nitrogens is 2. The fourth-order valence-corrected chi connectivity index (χ4v) is 2.55. The van der Waals surface area contributed by atoms with Gasteiger partial charge >= 0.3 is 12.0 Å². The maximum absolute atomic E-state index is 12.4. The second-order valence-electron chi connectivity index (χ2n) is 6.23. The van der Waals surface area contributed by atoms with Crippen LogP contribution in [0.5, 0.6) is 0 Å². The molecule has 1 amide bonds. The van der Waals surface area contributed by atoms with Crippen molar-refractivity contribution in [1.82, 2.24) is 10.2 Å². The zero-order chi connectivity index (χ0) is 20.5. The minimum atomic E-state index is -0.588. The molecule has 0 saturated heterocycles. The van der Waals surface area contributed by atoms with Gasteiger partial charge in [0.2, 0.25) is 5.89 Å². The Balaban J connectivity index is 1.53. The largest absolute Gasteiger partial charge is 0.452 e. The number of ether oxygens (including phenoxy) is 1. The fourth-order valence-electron chi connectivity index (χ4n) is 2.55. The average molecular weight is 394 g/mol. The molecule has 2 N–H and O–H groups in total. The third-order valence-electron chi connectivity index (χ3n) is 4.02. The number of carbonyl (C=O) groups is 2. The van der Waals surface area contributed by atoms with Crippen molar-refractivity contribution in [2.24, 2.45) is 0 Å². The first kappa shape index (κ1) is 20.1. The second kappa shape index (κ2) is 10.0. The zero-order valence-corrected chi connectivity index (χ0v) is 16.1. The number of carbonyl (C=O) groups excluding carboxylic acids is 2. The van der Waals surface area contributed by atoms with Crippen LogP contribution in [0.3, 0.4) is 0 Å². The number of hydrogen-bond acceptors (Lipinski definition) is 7. The van der Waals surface area contributed by atoms with Crippen molar-refractivity contribution in [3.63, 3.8) is 0 Å². The first-order valence-electron chi connectivity index (χ1n) is 9.36. The van der Waals surface area contributed by atoms with Crippen molar-refractivity contribution in [1.29, 1.82) is 0 Å². The van der Waals surface area contributed by atoms with E-state index in [-0.39, 0.29) is 11.9 Å². The van der Waals surface area contributed by atoms with Crippen LogP contribution in [0.1, 0.15) is 30.1 Å². The molecule has 3 rings (SSSR count). The van der Waals surface area contributed by atoms with Gasteiger partial charge in [0.05, 0.1) is 5.56 Å². The van der Waals surface area contributed by atoms with E-state index in [4.69, 9.17) is 9.15 Å². The molecule has 0 radical (unpaired) electrons. The predicted molar refractivity (Wildman–Crippen MR) is 108 cm³/mol. The van der Waals surface area contributed by atoms with E-state index in [0.29, 0.717) is 11.3 Å². The van der Waals surface area contributed by atoms with Crippen molar-refractivity contribution >= 4 is 23.6 Å². The summed E-state index contributed by atoms with van der Waals surface area (Å²) in [6.07, 6.45) is 2.03. The SMILES string of the molecule is CCCCNc1ccccc1C(=O)OCC(=O)Nc1nnc(-c2ccccc2)o1. The normalized spacial score (nSPS) is 10.4. The van der Waals surface area contributed by atoms with Crippen molar-refractivity contribution in [3.05, 3.63) is 60.2 Å². The molecule has 1 aromatic heterocycles. The Morgan fingerprint density at radius 3 is 2.59 bits per heavy atom. The highest BCUT2D eigenvalue weighted by Gasteiger charge is 2.16. The third kappa shape index (κ3) is 5.65. The van der Waals surface area contributed by atoms with E-state index in [1.165, 1.54) is 0 Å². The molecule has 0 aliphatic carbocycles. The van der Waals surface area contributed by atoms with Gasteiger partial charge in [0.15, 0.2) is 6.61 Å². The minimum absolute atomic E-state index is 0.0634. The monoisotopic (exact) mass is 394 g/mol. The van der Waals surface area contributed by atoms with Gasteiger partial charge in [-0.3, -0.25) is 10.1 Å². The summed E-state index contributed by atoms with van der Waals surface area (Å²) in [5.74, 6) is -0.877. The molecule has 8 nitrogen and oxygen atoms in total. The Morgan fingerprint density at radius 2 is 1.79 bits per heavy atom. The standard InChI is InChI=1S/C21H22N4O4/c1-2-3-13-22-17-12-8-7-11-16(17)20(27)28-14-18(26)23-21-25-24-19(29-21)15-9-5-4-6-10-15/h4-12,22H,2-3,13-14H2,1H3,(H,23,25,26). The summed E-state index contributed by atoms with van der Waals surface area (Å²) >= 11 is 0. The summed E-state index contributed by atoms with van der Waals surface area (Å²) in [5, 5.41) is 13.3. The maximum Gasteiger partial charge on any atom is 0.340 e. The van der Waals surface area contributed by atoms with Gasteiger partial charge < -0.3 is 14.5 Å². The van der Waals surface area contributed by atoms with Gasteiger partial charge in [-0.25, -0.2) is 4.79 Å². The van der Waals surface area contributed by atoms with Crippen LogP contribution in [-0.4, -0.2) is 35.2 Å². The molecule has 8 heteroatoms. The number of esters is 1. The summed E-state index contributed by atoms with van der Waals surface area (Å²) in [6, 6.07) is 16.1. The number of amides is 1. The summed E-state index contributed by atoms with van der Waals surface area (Å²) in [4.78, 5) is 24.4. The summed E-state index contributed by atoms with van der Waals surface area (Å²) in [7, 11) is 0. The van der Waals surface area contributed by atoms with Gasteiger partial charge in [-0.2, -0.15) is 0 Å². The molecular weight excluding hydrogens is 372 g/mol. The van der Waals surface area contributed by atoms with Crippen LogP contribution in [0.4, 0.5) is 11.7 Å². The number of nitrogens with one attached hydrogen (secondary N) is 2. The van der Waals surface area contributed by atoms with E-state index in [0.717, 1.165) is 24.9 Å². The van der Waals surface area contributed by atoms with E-state index in [1.807, 2.05) is 36.4 Å². The number of anilines is 2. The van der Waals surface area contributed by atoms with Crippen LogP contribution in [-0.2, 0) is 9.53 Å². The number of unbranched alkanes of at least 4 members (excludes halogenated alkanes) is 1. The Hall–Kier alpha value is -3.68. The molecule has 2 aromatic carbocycles. The van der Waals surface area contributed by atoms with Gasteiger partial charge in [-0.05, 0) is 30.7 Å². The number of benzene rings is 2. The zero-order valence-electron chi connectivity index (χ0n) is 16.1. The number of para-hydroxylation sites is 1. The lowest BCUT2D eigenvalue weighted by Gasteiger charge is -2.11. The smallest absolute Gasteiger partial charge is 0.340 e. The van der Waals surface area contributed by atoms with Crippen molar-refractivity contribution < 1.29 is 18.7 Å². The predicted octanol–water partition coefficient (Wildman–Crippen LogP) is 3.74. The molecule has 0 bridgehead atoms. The lowest BCUT2D eigenvalue weighted by Crippen LogP contribution is -2.21. The fraction of sp³-hybridized carbons (Fsp3) is 0.238. The van der Waals surface area contributed by atoms with Crippen LogP contribution < -0.4 is 10.6 Å². The molecule has 0 aliphatic rings. The Kier molecular flexibility index (Phi) is 6.94. The molecule has 0 spiro atoms. The minimum Gasteiger partial charge on any atom is -0.452 e. The Bertz CT molecular complexity index is 956. The number of rotatable bonds is 9. The summed E-state index contributed by atoms with van der Waals surface area (Å²) < 4.78 is 10.5. The highest BCUT2D eigenvalue weighted by Crippen LogP contribution is 2.19. The van der Waals surface area contributed by atoms with E-state index >= 15 is 0 Å². The molecule has 3 aromatic rings. The van der Waals surface area contributed by atoms with Crippen LogP contribution >= 0.6 is 0 Å². The Morgan fingerprint density at radius 1 is 1.03 bits per heavy atom. The van der Waals surface area contributed by atoms with E-state index in [9.17, 15) is 9.59 Å². The molecule has 0 saturated carbocycles. The van der Waals surface area contributed by atoms with Crippen molar-refractivity contribution in [2.75, 3.05) is 23.8 Å². The quantitative estimate of drug-likeness (QED) is 0.420. The highest BCUT2D eigenvalue weighted by molar-refractivity contribution is 5.98. The second-order valence-corrected chi connectivity index (χ2v) is 6.23. The average Bonchev–Trinajstić information content (AvgIpc) is 3.21. The van der Waals surface area contributed by atoms with Gasteiger partial charge in [0, 0.05) is 17.8 Å². The Labute approximate surface area is 168 Å². The van der Waals surface area contributed by atoms with Crippen LogP contribution in [0.15, 0.2) is 59.0 Å². The molecule has 0 fully saturated rings. The molecule has 150 valence electrons. The van der Waals surface area contributed by atoms with Crippen LogP contribution in [0.2, 0.25) is 0 Å². The number of hydrogen-bond donors (Lipinski definition) is 2. The first-order chi connectivity index (χ1) is 14.2. The first-order valence-corrected chi connectivity index (χ1v) is 9.36. The highest BCUT2D eigenvalue weighted by atomic mass is 16.5. The molecule has 0 aliphatic heterocycles. The maximum atomic E-state index is 12.4. The molecule has 29 heavy (non-hydrogen) atoms. The lowest BCUT2D eigenvalue weighted by molar-refractivity contribution is -0.119. The van der Waals surface area contributed by atoms with Gasteiger partial charge in [0.1, 0.15) is 0 Å². The van der Waals surface area contributed by atoms with E-state index < -0.39 is 18.5 Å². The summed E-state index contributed by atoms with van der Waals surface area (Å²) in [6.45, 7) is 2.38. The van der Waals surface area contributed by atoms with Crippen LogP contribution in [0, 0.1) is 0 Å². The van der Waals surface area contributed by atoms with Gasteiger partial charge in [-0.15, -0.1) is 5.10 Å². The van der Waals surface area contributed by atoms with Gasteiger partial charge in [-0.1, -0.05) is 48.8 Å². The third-order valence-corrected chi connectivity index (χ3v) is 4.02. The summed E-state index contributed by atoms with van der Waals surface area (Å²) in [5.41, 5.74) is 1.79. The molecule has 0 unspecified atom stereocenters. The number of nitrogens with zero attached hydrogens (tertiary/aromatic N) is 2. The molecule has 1 heterocycles. The van der Waals surface area contributed by atoms with Crippen molar-refractivity contribution in [2.45, 2.75) is 19.8 Å².